The number of fused-ring (bicyclic) bond motifs is 1. The van der Waals surface area contributed by atoms with Gasteiger partial charge in [0, 0.05) is 30.2 Å². The lowest BCUT2D eigenvalue weighted by molar-refractivity contribution is 0.170. The summed E-state index contributed by atoms with van der Waals surface area (Å²) in [7, 11) is 4.09. The van der Waals surface area contributed by atoms with Crippen LogP contribution in [-0.4, -0.2) is 47.1 Å². The molecular formula is C30H35FN4O2. The number of benzene rings is 2. The van der Waals surface area contributed by atoms with Gasteiger partial charge in [-0.3, -0.25) is 9.88 Å². The van der Waals surface area contributed by atoms with E-state index in [1.165, 1.54) is 25.0 Å². The number of rotatable bonds is 10. The molecule has 2 aromatic heterocycles. The molecular weight excluding hydrogens is 467 g/mol. The zero-order valence-electron chi connectivity index (χ0n) is 21.7. The molecule has 0 unspecified atom stereocenters. The predicted molar refractivity (Wildman–Crippen MR) is 143 cm³/mol. The van der Waals surface area contributed by atoms with E-state index in [-0.39, 0.29) is 5.82 Å². The summed E-state index contributed by atoms with van der Waals surface area (Å²) in [6, 6.07) is 16.5. The van der Waals surface area contributed by atoms with Crippen LogP contribution in [0, 0.1) is 11.7 Å². The summed E-state index contributed by atoms with van der Waals surface area (Å²) in [5.41, 5.74) is 5.16. The van der Waals surface area contributed by atoms with Gasteiger partial charge in [0.05, 0.1) is 11.4 Å². The van der Waals surface area contributed by atoms with E-state index >= 15 is 0 Å². The fourth-order valence-electron chi connectivity index (χ4n) is 5.14. The van der Waals surface area contributed by atoms with E-state index in [1.807, 2.05) is 26.4 Å². The molecule has 4 aromatic rings. The number of ether oxygens (including phenoxy) is 1. The second-order valence-corrected chi connectivity index (χ2v) is 10.3. The van der Waals surface area contributed by atoms with Gasteiger partial charge in [0.25, 0.3) is 0 Å². The Morgan fingerprint density at radius 3 is 2.59 bits per heavy atom. The fraction of sp³-hybridized carbons (Fsp3) is 0.400. The van der Waals surface area contributed by atoms with Crippen LogP contribution in [0.15, 0.2) is 65.3 Å². The summed E-state index contributed by atoms with van der Waals surface area (Å²) in [6.07, 6.45) is 6.33. The number of hydrogen-bond donors (Lipinski definition) is 0. The minimum Gasteiger partial charge on any atom is -0.489 e. The third kappa shape index (κ3) is 6.53. The van der Waals surface area contributed by atoms with E-state index in [0.29, 0.717) is 18.3 Å². The third-order valence-electron chi connectivity index (χ3n) is 7.21. The van der Waals surface area contributed by atoms with Crippen molar-refractivity contribution in [3.8, 4) is 5.75 Å². The van der Waals surface area contributed by atoms with E-state index < -0.39 is 0 Å². The molecule has 7 heteroatoms. The monoisotopic (exact) mass is 502 g/mol. The summed E-state index contributed by atoms with van der Waals surface area (Å²) in [6.45, 7) is 4.28. The average molecular weight is 503 g/mol. The van der Waals surface area contributed by atoms with Gasteiger partial charge in [-0.25, -0.2) is 4.39 Å². The molecule has 1 aliphatic rings. The van der Waals surface area contributed by atoms with Crippen LogP contribution < -0.4 is 4.74 Å². The van der Waals surface area contributed by atoms with Crippen molar-refractivity contribution in [2.75, 3.05) is 27.2 Å². The van der Waals surface area contributed by atoms with Gasteiger partial charge in [0.15, 0.2) is 5.58 Å². The summed E-state index contributed by atoms with van der Waals surface area (Å²) in [5, 5.41) is 5.59. The van der Waals surface area contributed by atoms with Crippen LogP contribution in [0.4, 0.5) is 4.39 Å². The molecule has 3 heterocycles. The van der Waals surface area contributed by atoms with Crippen LogP contribution in [0.3, 0.4) is 0 Å². The summed E-state index contributed by atoms with van der Waals surface area (Å²) in [4.78, 5) is 9.10. The first-order chi connectivity index (χ1) is 18.0. The van der Waals surface area contributed by atoms with Gasteiger partial charge in [0.1, 0.15) is 18.2 Å². The largest absolute Gasteiger partial charge is 0.489 e. The smallest absolute Gasteiger partial charge is 0.172 e. The van der Waals surface area contributed by atoms with Gasteiger partial charge in [-0.1, -0.05) is 17.3 Å². The lowest BCUT2D eigenvalue weighted by Gasteiger charge is -2.31. The quantitative estimate of drug-likeness (QED) is 0.271. The van der Waals surface area contributed by atoms with Gasteiger partial charge in [0.2, 0.25) is 0 Å². The van der Waals surface area contributed by atoms with Crippen LogP contribution >= 0.6 is 0 Å². The highest BCUT2D eigenvalue weighted by Gasteiger charge is 2.22. The SMILES string of the molecule is CN(C)Cc1c(COc2ccc(F)cc2)ccc2c(CCC3CCN(Cc4ccccn4)CC3)noc12. The Kier molecular flexibility index (Phi) is 8.12. The zero-order chi connectivity index (χ0) is 25.6. The molecule has 2 aromatic carbocycles. The molecule has 0 radical (unpaired) electrons. The van der Waals surface area contributed by atoms with E-state index in [1.54, 1.807) is 12.1 Å². The number of aromatic nitrogens is 2. The first-order valence-electron chi connectivity index (χ1n) is 13.1. The van der Waals surface area contributed by atoms with Crippen LogP contribution in [0.5, 0.6) is 5.75 Å². The first-order valence-corrected chi connectivity index (χ1v) is 13.1. The van der Waals surface area contributed by atoms with E-state index in [0.717, 1.165) is 72.5 Å². The highest BCUT2D eigenvalue weighted by Crippen LogP contribution is 2.30. The number of aryl methyl sites for hydroxylation is 1. The molecule has 0 amide bonds. The molecule has 5 rings (SSSR count). The Balaban J connectivity index is 1.22. The summed E-state index contributed by atoms with van der Waals surface area (Å²) < 4.78 is 25.1. The maximum Gasteiger partial charge on any atom is 0.172 e. The normalized spacial score (nSPS) is 15.0. The minimum absolute atomic E-state index is 0.272. The van der Waals surface area contributed by atoms with Gasteiger partial charge >= 0.3 is 0 Å². The maximum absolute atomic E-state index is 13.2. The second kappa shape index (κ2) is 11.8. The molecule has 0 atom stereocenters. The Hall–Kier alpha value is -3.29. The van der Waals surface area contributed by atoms with E-state index in [4.69, 9.17) is 9.26 Å². The van der Waals surface area contributed by atoms with Gasteiger partial charge in [-0.2, -0.15) is 0 Å². The molecule has 0 bridgehead atoms. The second-order valence-electron chi connectivity index (χ2n) is 10.3. The molecule has 0 N–H and O–H groups in total. The molecule has 37 heavy (non-hydrogen) atoms. The fourth-order valence-corrected chi connectivity index (χ4v) is 5.14. The van der Waals surface area contributed by atoms with E-state index in [2.05, 4.69) is 44.2 Å². The van der Waals surface area contributed by atoms with Crippen LogP contribution in [0.25, 0.3) is 11.0 Å². The lowest BCUT2D eigenvalue weighted by Crippen LogP contribution is -2.33. The Morgan fingerprint density at radius 1 is 1.05 bits per heavy atom. The van der Waals surface area contributed by atoms with Crippen molar-refractivity contribution in [2.24, 2.45) is 5.92 Å². The number of hydrogen-bond acceptors (Lipinski definition) is 6. The first kappa shape index (κ1) is 25.4. The molecule has 0 aliphatic carbocycles. The number of pyridine rings is 1. The standard InChI is InChI=1S/C30H35FN4O2/c1-34(2)20-28-23(21-36-26-10-8-24(31)9-11-26)7-12-27-29(33-37-30(27)28)13-6-22-14-17-35(18-15-22)19-25-5-3-4-16-32-25/h3-5,7-12,16,22H,6,13-15,17-21H2,1-2H3. The summed E-state index contributed by atoms with van der Waals surface area (Å²) in [5.74, 6) is 1.07. The van der Waals surface area contributed by atoms with Gasteiger partial charge in [-0.05, 0) is 107 Å². The molecule has 194 valence electrons. The maximum atomic E-state index is 13.2. The molecule has 0 spiro atoms. The van der Waals surface area contributed by atoms with Crippen molar-refractivity contribution >= 4 is 11.0 Å². The van der Waals surface area contributed by atoms with Crippen molar-refractivity contribution < 1.29 is 13.7 Å². The highest BCUT2D eigenvalue weighted by molar-refractivity contribution is 5.83. The highest BCUT2D eigenvalue weighted by atomic mass is 19.1. The molecule has 1 aliphatic heterocycles. The van der Waals surface area contributed by atoms with Gasteiger partial charge < -0.3 is 14.2 Å². The van der Waals surface area contributed by atoms with Crippen LogP contribution in [-0.2, 0) is 26.1 Å². The minimum atomic E-state index is -0.272. The molecule has 1 saturated heterocycles. The molecule has 6 nitrogen and oxygen atoms in total. The van der Waals surface area contributed by atoms with Crippen molar-refractivity contribution in [2.45, 2.75) is 45.4 Å². The van der Waals surface area contributed by atoms with Crippen molar-refractivity contribution in [1.82, 2.24) is 19.9 Å². The number of likely N-dealkylation sites (tertiary alicyclic amines) is 1. The Bertz CT molecular complexity index is 1280. The number of halogens is 1. The van der Waals surface area contributed by atoms with Crippen molar-refractivity contribution in [1.29, 1.82) is 0 Å². The molecule has 0 saturated carbocycles. The van der Waals surface area contributed by atoms with Crippen molar-refractivity contribution in [3.63, 3.8) is 0 Å². The number of nitrogens with zero attached hydrogens (tertiary/aromatic N) is 4. The van der Waals surface area contributed by atoms with Crippen LogP contribution in [0.2, 0.25) is 0 Å². The van der Waals surface area contributed by atoms with Crippen LogP contribution in [0.1, 0.15) is 41.8 Å². The molecule has 1 fully saturated rings. The third-order valence-corrected chi connectivity index (χ3v) is 7.21. The topological polar surface area (TPSA) is 54.6 Å². The van der Waals surface area contributed by atoms with Crippen molar-refractivity contribution in [3.05, 3.63) is 89.1 Å². The van der Waals surface area contributed by atoms with E-state index in [9.17, 15) is 4.39 Å². The zero-order valence-corrected chi connectivity index (χ0v) is 21.7. The predicted octanol–water partition coefficient (Wildman–Crippen LogP) is 5.85. The number of piperidine rings is 1. The Labute approximate surface area is 218 Å². The summed E-state index contributed by atoms with van der Waals surface area (Å²) >= 11 is 0. The Morgan fingerprint density at radius 2 is 1.86 bits per heavy atom. The average Bonchev–Trinajstić information content (AvgIpc) is 3.32. The lowest BCUT2D eigenvalue weighted by atomic mass is 9.91. The van der Waals surface area contributed by atoms with Gasteiger partial charge in [-0.15, -0.1) is 0 Å².